The van der Waals surface area contributed by atoms with Crippen molar-refractivity contribution in [1.29, 1.82) is 0 Å². The standard InChI is InChI=1S/C44H40N2O6S/c1-53(48,49)46(30-34-15-7-3-8-16-34)40-27-36(21-24-43(40)51-32-35-17-9-4-10-18-35)41(47)31-45(29-33-13-5-2-6-14-33)25-26-50-37-22-23-39-38-19-11-12-20-42(38)52-44(39)28-37/h2-24,27-28H,25-26,29-32H2,1H3. The molecule has 1 aromatic heterocycles. The minimum Gasteiger partial charge on any atom is -0.492 e. The highest BCUT2D eigenvalue weighted by atomic mass is 32.2. The van der Waals surface area contributed by atoms with Crippen LogP contribution in [0.1, 0.15) is 27.0 Å². The van der Waals surface area contributed by atoms with Gasteiger partial charge in [0.15, 0.2) is 5.78 Å². The highest BCUT2D eigenvalue weighted by Gasteiger charge is 2.24. The van der Waals surface area contributed by atoms with Crippen molar-refractivity contribution in [3.05, 3.63) is 174 Å². The summed E-state index contributed by atoms with van der Waals surface area (Å²) in [5.74, 6) is 0.883. The number of fused-ring (bicyclic) bond motifs is 3. The normalized spacial score (nSPS) is 11.6. The van der Waals surface area contributed by atoms with Gasteiger partial charge in [-0.1, -0.05) is 109 Å². The van der Waals surface area contributed by atoms with Crippen LogP contribution < -0.4 is 13.8 Å². The van der Waals surface area contributed by atoms with E-state index in [1.807, 2.05) is 138 Å². The molecule has 6 aromatic carbocycles. The maximum atomic E-state index is 14.1. The number of ether oxygens (including phenoxy) is 2. The molecular weight excluding hydrogens is 685 g/mol. The Bertz CT molecular complexity index is 2420. The van der Waals surface area contributed by atoms with E-state index in [-0.39, 0.29) is 25.5 Å². The number of anilines is 1. The molecule has 8 nitrogen and oxygen atoms in total. The van der Waals surface area contributed by atoms with Crippen LogP contribution in [0.15, 0.2) is 156 Å². The van der Waals surface area contributed by atoms with Crippen molar-refractivity contribution >= 4 is 43.4 Å². The Kier molecular flexibility index (Phi) is 10.8. The van der Waals surface area contributed by atoms with E-state index in [1.54, 1.807) is 18.2 Å². The largest absolute Gasteiger partial charge is 0.492 e. The first-order chi connectivity index (χ1) is 25.8. The smallest absolute Gasteiger partial charge is 0.232 e. The summed E-state index contributed by atoms with van der Waals surface area (Å²) in [4.78, 5) is 16.1. The van der Waals surface area contributed by atoms with Crippen molar-refractivity contribution in [3.63, 3.8) is 0 Å². The number of furan rings is 1. The second kappa shape index (κ2) is 16.2. The van der Waals surface area contributed by atoms with Crippen LogP contribution in [-0.4, -0.2) is 45.1 Å². The molecule has 7 aromatic rings. The van der Waals surface area contributed by atoms with Crippen molar-refractivity contribution in [2.75, 3.05) is 30.3 Å². The van der Waals surface area contributed by atoms with Gasteiger partial charge in [-0.3, -0.25) is 14.0 Å². The van der Waals surface area contributed by atoms with Crippen molar-refractivity contribution in [2.45, 2.75) is 19.7 Å². The van der Waals surface area contributed by atoms with E-state index in [9.17, 15) is 13.2 Å². The number of sulfonamides is 1. The fraction of sp³-hybridized carbons (Fsp3) is 0.159. The summed E-state index contributed by atoms with van der Waals surface area (Å²) in [7, 11) is -3.78. The fourth-order valence-electron chi connectivity index (χ4n) is 6.31. The molecule has 0 atom stereocenters. The summed E-state index contributed by atoms with van der Waals surface area (Å²) < 4.78 is 46.4. The molecule has 268 valence electrons. The number of Topliss-reactive ketones (excluding diaryl/α,β-unsaturated/α-hetero) is 1. The van der Waals surface area contributed by atoms with Crippen molar-refractivity contribution < 1.29 is 27.1 Å². The van der Waals surface area contributed by atoms with E-state index in [0.29, 0.717) is 42.4 Å². The van der Waals surface area contributed by atoms with Crippen LogP contribution in [0, 0.1) is 0 Å². The van der Waals surface area contributed by atoms with Gasteiger partial charge >= 0.3 is 0 Å². The van der Waals surface area contributed by atoms with Crippen LogP contribution in [0.4, 0.5) is 5.69 Å². The fourth-order valence-corrected chi connectivity index (χ4v) is 7.20. The molecule has 7 rings (SSSR count). The number of carbonyl (C=O) groups excluding carboxylic acids is 1. The third kappa shape index (κ3) is 8.95. The second-order valence-electron chi connectivity index (χ2n) is 12.9. The lowest BCUT2D eigenvalue weighted by atomic mass is 10.1. The molecule has 9 heteroatoms. The zero-order valence-electron chi connectivity index (χ0n) is 29.4. The van der Waals surface area contributed by atoms with Crippen LogP contribution in [0.3, 0.4) is 0 Å². The zero-order valence-corrected chi connectivity index (χ0v) is 30.2. The van der Waals surface area contributed by atoms with Crippen LogP contribution in [0.2, 0.25) is 0 Å². The van der Waals surface area contributed by atoms with Gasteiger partial charge in [0.1, 0.15) is 35.9 Å². The molecule has 53 heavy (non-hydrogen) atoms. The van der Waals surface area contributed by atoms with Gasteiger partial charge in [-0.15, -0.1) is 0 Å². The topological polar surface area (TPSA) is 89.3 Å². The number of hydrogen-bond acceptors (Lipinski definition) is 7. The molecule has 0 spiro atoms. The molecule has 0 fully saturated rings. The number of ketones is 1. The quantitative estimate of drug-likeness (QED) is 0.0920. The first-order valence-electron chi connectivity index (χ1n) is 17.5. The van der Waals surface area contributed by atoms with Crippen LogP contribution in [0.5, 0.6) is 11.5 Å². The highest BCUT2D eigenvalue weighted by Crippen LogP contribution is 2.34. The number of hydrogen-bond donors (Lipinski definition) is 0. The minimum atomic E-state index is -3.78. The van der Waals surface area contributed by atoms with E-state index >= 15 is 0 Å². The molecule has 0 N–H and O–H groups in total. The lowest BCUT2D eigenvalue weighted by Gasteiger charge is -2.26. The average Bonchev–Trinajstić information content (AvgIpc) is 3.55. The Morgan fingerprint density at radius 3 is 1.96 bits per heavy atom. The second-order valence-corrected chi connectivity index (χ2v) is 14.8. The summed E-state index contributed by atoms with van der Waals surface area (Å²) in [5, 5.41) is 2.08. The van der Waals surface area contributed by atoms with Gasteiger partial charge in [-0.05, 0) is 53.1 Å². The lowest BCUT2D eigenvalue weighted by molar-refractivity contribution is 0.0912. The Balaban J connectivity index is 1.13. The predicted octanol–water partition coefficient (Wildman–Crippen LogP) is 8.90. The van der Waals surface area contributed by atoms with Gasteiger partial charge in [0.2, 0.25) is 10.0 Å². The summed E-state index contributed by atoms with van der Waals surface area (Å²) in [5.41, 5.74) is 5.05. The van der Waals surface area contributed by atoms with Gasteiger partial charge in [0.25, 0.3) is 0 Å². The van der Waals surface area contributed by atoms with Gasteiger partial charge in [0, 0.05) is 35.5 Å². The Morgan fingerprint density at radius 2 is 1.26 bits per heavy atom. The molecule has 0 saturated heterocycles. The van der Waals surface area contributed by atoms with E-state index in [2.05, 4.69) is 0 Å². The predicted molar refractivity (Wildman–Crippen MR) is 210 cm³/mol. The molecule has 0 saturated carbocycles. The van der Waals surface area contributed by atoms with Crippen LogP contribution >= 0.6 is 0 Å². The molecule has 0 unspecified atom stereocenters. The Labute approximate surface area is 309 Å². The molecule has 0 aliphatic rings. The van der Waals surface area contributed by atoms with E-state index < -0.39 is 10.0 Å². The Hall–Kier alpha value is -5.90. The van der Waals surface area contributed by atoms with Gasteiger partial charge in [0.05, 0.1) is 25.0 Å². The van der Waals surface area contributed by atoms with Gasteiger partial charge in [-0.25, -0.2) is 8.42 Å². The molecule has 0 aliphatic heterocycles. The van der Waals surface area contributed by atoms with E-state index in [1.165, 1.54) is 10.6 Å². The van der Waals surface area contributed by atoms with Crippen molar-refractivity contribution in [2.24, 2.45) is 0 Å². The monoisotopic (exact) mass is 724 g/mol. The lowest BCUT2D eigenvalue weighted by Crippen LogP contribution is -2.33. The number of carbonyl (C=O) groups is 1. The van der Waals surface area contributed by atoms with Crippen LogP contribution in [-0.2, 0) is 29.7 Å². The van der Waals surface area contributed by atoms with Gasteiger partial charge < -0.3 is 13.9 Å². The SMILES string of the molecule is CS(=O)(=O)N(Cc1ccccc1)c1cc(C(=O)CN(CCOc2ccc3c(c2)oc2ccccc23)Cc2ccccc2)ccc1OCc1ccccc1. The minimum absolute atomic E-state index is 0.0797. The zero-order chi connectivity index (χ0) is 36.6. The number of para-hydroxylation sites is 1. The first kappa shape index (κ1) is 35.5. The number of nitrogens with zero attached hydrogens (tertiary/aromatic N) is 2. The number of benzene rings is 6. The third-order valence-corrected chi connectivity index (χ3v) is 10.1. The third-order valence-electron chi connectivity index (χ3n) is 9.00. The van der Waals surface area contributed by atoms with E-state index in [4.69, 9.17) is 13.9 Å². The van der Waals surface area contributed by atoms with Gasteiger partial charge in [-0.2, -0.15) is 0 Å². The molecule has 0 aliphatic carbocycles. The molecular formula is C44H40N2O6S. The summed E-state index contributed by atoms with van der Waals surface area (Å²) >= 11 is 0. The first-order valence-corrected chi connectivity index (χ1v) is 19.3. The number of rotatable bonds is 16. The van der Waals surface area contributed by atoms with Crippen LogP contribution in [0.25, 0.3) is 21.9 Å². The maximum absolute atomic E-state index is 14.1. The van der Waals surface area contributed by atoms with Crippen molar-refractivity contribution in [3.8, 4) is 11.5 Å². The van der Waals surface area contributed by atoms with Crippen molar-refractivity contribution in [1.82, 2.24) is 4.90 Å². The summed E-state index contributed by atoms with van der Waals surface area (Å²) in [6.45, 7) is 1.72. The summed E-state index contributed by atoms with van der Waals surface area (Å²) in [6, 6.07) is 47.8. The average molecular weight is 725 g/mol. The highest BCUT2D eigenvalue weighted by molar-refractivity contribution is 7.92. The molecule has 0 radical (unpaired) electrons. The molecule has 0 bridgehead atoms. The van der Waals surface area contributed by atoms with E-state index in [0.717, 1.165) is 38.6 Å². The molecule has 1 heterocycles. The Morgan fingerprint density at radius 1 is 0.642 bits per heavy atom. The molecule has 0 amide bonds. The maximum Gasteiger partial charge on any atom is 0.232 e. The summed E-state index contributed by atoms with van der Waals surface area (Å²) in [6.07, 6.45) is 1.17.